The number of carbonyl (C=O) groups is 1. The number of carbonyl (C=O) groups excluding carboxylic acids is 1. The third-order valence-corrected chi connectivity index (χ3v) is 3.06. The van der Waals surface area contributed by atoms with Crippen LogP contribution in [0.25, 0.3) is 0 Å². The van der Waals surface area contributed by atoms with Gasteiger partial charge in [-0.15, -0.1) is 0 Å². The third kappa shape index (κ3) is 3.43. The highest BCUT2D eigenvalue weighted by Crippen LogP contribution is 2.34. The molecule has 0 aromatic heterocycles. The standard InChI is InChI=1S/C13H14ClFO2/c14-12-7-11(15)6-10(2-1-5-16)13(12)17-8-9-3-4-9/h5-7,9H,1-4,8H2. The molecule has 0 N–H and O–H groups in total. The molecule has 1 saturated carbocycles. The summed E-state index contributed by atoms with van der Waals surface area (Å²) in [5, 5.41) is 0.284. The van der Waals surface area contributed by atoms with Gasteiger partial charge >= 0.3 is 0 Å². The van der Waals surface area contributed by atoms with Crippen molar-refractivity contribution in [3.8, 4) is 5.75 Å². The second-order valence-electron chi connectivity index (χ2n) is 4.34. The molecule has 2 rings (SSSR count). The highest BCUT2D eigenvalue weighted by Gasteiger charge is 2.23. The maximum absolute atomic E-state index is 13.2. The highest BCUT2D eigenvalue weighted by atomic mass is 35.5. The van der Waals surface area contributed by atoms with E-state index in [0.717, 1.165) is 6.29 Å². The SMILES string of the molecule is O=CCCc1cc(F)cc(Cl)c1OCC1CC1. The van der Waals surface area contributed by atoms with Gasteiger partial charge in [-0.3, -0.25) is 0 Å². The zero-order valence-corrected chi connectivity index (χ0v) is 10.2. The van der Waals surface area contributed by atoms with E-state index in [4.69, 9.17) is 16.3 Å². The average molecular weight is 257 g/mol. The minimum atomic E-state index is -0.394. The number of aryl methyl sites for hydroxylation is 1. The monoisotopic (exact) mass is 256 g/mol. The minimum Gasteiger partial charge on any atom is -0.491 e. The topological polar surface area (TPSA) is 26.3 Å². The summed E-state index contributed by atoms with van der Waals surface area (Å²) in [7, 11) is 0. The lowest BCUT2D eigenvalue weighted by molar-refractivity contribution is -0.107. The Kier molecular flexibility index (Phi) is 4.00. The van der Waals surface area contributed by atoms with Crippen LogP contribution in [0, 0.1) is 11.7 Å². The van der Waals surface area contributed by atoms with Crippen LogP contribution in [0.1, 0.15) is 24.8 Å². The molecule has 0 aliphatic heterocycles. The van der Waals surface area contributed by atoms with E-state index in [9.17, 15) is 9.18 Å². The molecule has 1 aromatic rings. The second kappa shape index (κ2) is 5.50. The smallest absolute Gasteiger partial charge is 0.141 e. The molecule has 1 fully saturated rings. The van der Waals surface area contributed by atoms with Crippen molar-refractivity contribution in [2.75, 3.05) is 6.61 Å². The minimum absolute atomic E-state index is 0.284. The van der Waals surface area contributed by atoms with Gasteiger partial charge in [0, 0.05) is 6.42 Å². The van der Waals surface area contributed by atoms with Gasteiger partial charge in [0.1, 0.15) is 17.9 Å². The molecule has 0 amide bonds. The van der Waals surface area contributed by atoms with Gasteiger partial charge in [-0.05, 0) is 42.9 Å². The van der Waals surface area contributed by atoms with Crippen molar-refractivity contribution in [1.29, 1.82) is 0 Å². The average Bonchev–Trinajstić information content (AvgIpc) is 3.08. The van der Waals surface area contributed by atoms with Crippen LogP contribution < -0.4 is 4.74 Å². The molecule has 0 radical (unpaired) electrons. The lowest BCUT2D eigenvalue weighted by Crippen LogP contribution is -2.03. The summed E-state index contributed by atoms with van der Waals surface area (Å²) >= 11 is 5.96. The van der Waals surface area contributed by atoms with E-state index < -0.39 is 5.82 Å². The van der Waals surface area contributed by atoms with Crippen molar-refractivity contribution in [3.63, 3.8) is 0 Å². The van der Waals surface area contributed by atoms with Crippen LogP contribution >= 0.6 is 11.6 Å². The Hall–Kier alpha value is -1.09. The van der Waals surface area contributed by atoms with Crippen LogP contribution in [-0.4, -0.2) is 12.9 Å². The number of rotatable bonds is 6. The number of benzene rings is 1. The fraction of sp³-hybridized carbons (Fsp3) is 0.462. The number of ether oxygens (including phenoxy) is 1. The van der Waals surface area contributed by atoms with Gasteiger partial charge in [-0.25, -0.2) is 4.39 Å². The van der Waals surface area contributed by atoms with Crippen LogP contribution in [0.2, 0.25) is 5.02 Å². The summed E-state index contributed by atoms with van der Waals surface area (Å²) in [6, 6.07) is 2.63. The van der Waals surface area contributed by atoms with Crippen LogP contribution in [0.3, 0.4) is 0 Å². The summed E-state index contributed by atoms with van der Waals surface area (Å²) < 4.78 is 18.8. The molecule has 0 saturated heterocycles. The zero-order valence-electron chi connectivity index (χ0n) is 9.42. The largest absolute Gasteiger partial charge is 0.491 e. The Balaban J connectivity index is 2.15. The van der Waals surface area contributed by atoms with E-state index in [-0.39, 0.29) is 5.02 Å². The first-order chi connectivity index (χ1) is 8.20. The Labute approximate surface area is 105 Å². The summed E-state index contributed by atoms with van der Waals surface area (Å²) in [6.45, 7) is 0.624. The molecule has 0 atom stereocenters. The quantitative estimate of drug-likeness (QED) is 0.729. The van der Waals surface area contributed by atoms with Crippen molar-refractivity contribution in [2.24, 2.45) is 5.92 Å². The molecule has 0 spiro atoms. The molecule has 0 bridgehead atoms. The van der Waals surface area contributed by atoms with Crippen molar-refractivity contribution in [1.82, 2.24) is 0 Å². The van der Waals surface area contributed by atoms with Gasteiger partial charge in [0.25, 0.3) is 0 Å². The van der Waals surface area contributed by atoms with Gasteiger partial charge < -0.3 is 9.53 Å². The van der Waals surface area contributed by atoms with Crippen LogP contribution in [0.4, 0.5) is 4.39 Å². The first-order valence-electron chi connectivity index (χ1n) is 5.75. The third-order valence-electron chi connectivity index (χ3n) is 2.78. The molecule has 1 aliphatic rings. The van der Waals surface area contributed by atoms with Crippen LogP contribution in [-0.2, 0) is 11.2 Å². The maximum atomic E-state index is 13.2. The Bertz CT molecular complexity index is 416. The molecular formula is C13H14ClFO2. The van der Waals surface area contributed by atoms with Gasteiger partial charge in [0.15, 0.2) is 0 Å². The number of hydrogen-bond acceptors (Lipinski definition) is 2. The fourth-order valence-corrected chi connectivity index (χ4v) is 1.94. The number of hydrogen-bond donors (Lipinski definition) is 0. The van der Waals surface area contributed by atoms with E-state index >= 15 is 0 Å². The van der Waals surface area contributed by atoms with E-state index in [0.29, 0.717) is 36.7 Å². The van der Waals surface area contributed by atoms with Gasteiger partial charge in [-0.1, -0.05) is 11.6 Å². The second-order valence-corrected chi connectivity index (χ2v) is 4.74. The summed E-state index contributed by atoms with van der Waals surface area (Å²) in [5.41, 5.74) is 0.669. The maximum Gasteiger partial charge on any atom is 0.141 e. The molecule has 17 heavy (non-hydrogen) atoms. The van der Waals surface area contributed by atoms with E-state index in [1.807, 2.05) is 0 Å². The molecule has 92 valence electrons. The fourth-order valence-electron chi connectivity index (χ4n) is 1.66. The lowest BCUT2D eigenvalue weighted by Gasteiger charge is -2.12. The zero-order chi connectivity index (χ0) is 12.3. The Morgan fingerprint density at radius 1 is 1.47 bits per heavy atom. The highest BCUT2D eigenvalue weighted by molar-refractivity contribution is 6.32. The van der Waals surface area contributed by atoms with E-state index in [1.54, 1.807) is 0 Å². The number of aldehydes is 1. The van der Waals surface area contributed by atoms with Crippen LogP contribution in [0.15, 0.2) is 12.1 Å². The molecule has 0 unspecified atom stereocenters. The predicted octanol–water partition coefficient (Wildman–Crippen LogP) is 3.40. The normalized spacial score (nSPS) is 14.7. The lowest BCUT2D eigenvalue weighted by atomic mass is 10.1. The molecular weight excluding hydrogens is 243 g/mol. The summed E-state index contributed by atoms with van der Waals surface area (Å²) in [6.07, 6.45) is 3.98. The first-order valence-corrected chi connectivity index (χ1v) is 6.13. The summed E-state index contributed by atoms with van der Waals surface area (Å²) in [4.78, 5) is 10.4. The van der Waals surface area contributed by atoms with Crippen molar-refractivity contribution < 1.29 is 13.9 Å². The van der Waals surface area contributed by atoms with Gasteiger partial charge in [0.05, 0.1) is 11.6 Å². The molecule has 0 heterocycles. The van der Waals surface area contributed by atoms with E-state index in [2.05, 4.69) is 0 Å². The van der Waals surface area contributed by atoms with Crippen molar-refractivity contribution >= 4 is 17.9 Å². The van der Waals surface area contributed by atoms with E-state index in [1.165, 1.54) is 25.0 Å². The van der Waals surface area contributed by atoms with Crippen LogP contribution in [0.5, 0.6) is 5.75 Å². The molecule has 1 aliphatic carbocycles. The Morgan fingerprint density at radius 2 is 2.24 bits per heavy atom. The molecule has 4 heteroatoms. The number of halogens is 2. The Morgan fingerprint density at radius 3 is 2.88 bits per heavy atom. The summed E-state index contributed by atoms with van der Waals surface area (Å²) in [5.74, 6) is 0.742. The predicted molar refractivity (Wildman–Crippen MR) is 64.0 cm³/mol. The van der Waals surface area contributed by atoms with Crippen molar-refractivity contribution in [3.05, 3.63) is 28.5 Å². The molecule has 2 nitrogen and oxygen atoms in total. The van der Waals surface area contributed by atoms with Gasteiger partial charge in [0.2, 0.25) is 0 Å². The molecule has 1 aromatic carbocycles. The first kappa shape index (κ1) is 12.4. The van der Waals surface area contributed by atoms with Gasteiger partial charge in [-0.2, -0.15) is 0 Å². The van der Waals surface area contributed by atoms with Crippen molar-refractivity contribution in [2.45, 2.75) is 25.7 Å².